The lowest BCUT2D eigenvalue weighted by Gasteiger charge is -2.02. The summed E-state index contributed by atoms with van der Waals surface area (Å²) in [6.45, 7) is 1.51. The summed E-state index contributed by atoms with van der Waals surface area (Å²) in [7, 11) is 0. The number of H-pyrrole nitrogens is 1. The Morgan fingerprint density at radius 1 is 1.64 bits per heavy atom. The molecule has 0 amide bonds. The van der Waals surface area contributed by atoms with Crippen LogP contribution in [0.25, 0.3) is 0 Å². The molecule has 1 rings (SSSR count). The van der Waals surface area contributed by atoms with Crippen molar-refractivity contribution in [2.75, 3.05) is 0 Å². The van der Waals surface area contributed by atoms with Crippen molar-refractivity contribution in [2.24, 2.45) is 0 Å². The summed E-state index contributed by atoms with van der Waals surface area (Å²) in [6.07, 6.45) is 0.544. The lowest BCUT2D eigenvalue weighted by molar-refractivity contribution is -0.144. The zero-order valence-corrected chi connectivity index (χ0v) is 7.24. The maximum Gasteiger partial charge on any atom is 0.362 e. The van der Waals surface area contributed by atoms with E-state index >= 15 is 0 Å². The van der Waals surface area contributed by atoms with Gasteiger partial charge < -0.3 is 4.84 Å². The molecule has 0 radical (unpaired) electrons. The van der Waals surface area contributed by atoms with Crippen LogP contribution in [0, 0.1) is 5.82 Å². The second-order valence-corrected chi connectivity index (χ2v) is 2.38. The molecular formula is C7H7FN2O4. The van der Waals surface area contributed by atoms with E-state index in [1.165, 1.54) is 6.92 Å². The van der Waals surface area contributed by atoms with Crippen molar-refractivity contribution in [1.82, 2.24) is 9.71 Å². The van der Waals surface area contributed by atoms with Crippen LogP contribution in [0.5, 0.6) is 0 Å². The molecule has 0 aliphatic rings. The van der Waals surface area contributed by atoms with Gasteiger partial charge in [0.2, 0.25) is 5.82 Å². The first-order valence-corrected chi connectivity index (χ1v) is 3.77. The Bertz CT molecular complexity index is 461. The molecule has 7 heteroatoms. The summed E-state index contributed by atoms with van der Waals surface area (Å²) in [5.41, 5.74) is -2.16. The van der Waals surface area contributed by atoms with Crippen molar-refractivity contribution < 1.29 is 14.0 Å². The first-order valence-electron chi connectivity index (χ1n) is 3.77. The molecule has 0 fully saturated rings. The first kappa shape index (κ1) is 10.2. The van der Waals surface area contributed by atoms with E-state index in [0.717, 1.165) is 0 Å². The summed E-state index contributed by atoms with van der Waals surface area (Å²) in [5.74, 6) is -1.91. The number of hydrogen-bond donors (Lipinski definition) is 1. The van der Waals surface area contributed by atoms with Gasteiger partial charge in [-0.3, -0.25) is 9.78 Å². The van der Waals surface area contributed by atoms with Crippen molar-refractivity contribution in [3.8, 4) is 0 Å². The number of hydrogen-bond acceptors (Lipinski definition) is 4. The summed E-state index contributed by atoms with van der Waals surface area (Å²) >= 11 is 0. The maximum atomic E-state index is 12.6. The van der Waals surface area contributed by atoms with Gasteiger partial charge in [0.25, 0.3) is 5.56 Å². The molecular weight excluding hydrogens is 195 g/mol. The van der Waals surface area contributed by atoms with Crippen LogP contribution in [-0.4, -0.2) is 15.7 Å². The van der Waals surface area contributed by atoms with E-state index in [0.29, 0.717) is 10.9 Å². The normalized spacial score (nSPS) is 9.86. The van der Waals surface area contributed by atoms with E-state index in [2.05, 4.69) is 4.84 Å². The fraction of sp³-hybridized carbons (Fsp3) is 0.286. The van der Waals surface area contributed by atoms with E-state index in [-0.39, 0.29) is 6.42 Å². The zero-order valence-electron chi connectivity index (χ0n) is 7.24. The van der Waals surface area contributed by atoms with Crippen LogP contribution < -0.4 is 16.1 Å². The average molecular weight is 202 g/mol. The Labute approximate surface area is 76.9 Å². The summed E-state index contributed by atoms with van der Waals surface area (Å²) in [6, 6.07) is 0. The highest BCUT2D eigenvalue weighted by atomic mass is 19.1. The van der Waals surface area contributed by atoms with Crippen molar-refractivity contribution >= 4 is 5.97 Å². The third-order valence-corrected chi connectivity index (χ3v) is 1.36. The van der Waals surface area contributed by atoms with Crippen LogP contribution in [0.15, 0.2) is 15.8 Å². The molecule has 1 heterocycles. The van der Waals surface area contributed by atoms with Crippen molar-refractivity contribution in [1.29, 1.82) is 0 Å². The maximum absolute atomic E-state index is 12.6. The molecule has 6 nitrogen and oxygen atoms in total. The van der Waals surface area contributed by atoms with E-state index in [1.807, 2.05) is 0 Å². The van der Waals surface area contributed by atoms with Gasteiger partial charge in [0.1, 0.15) is 0 Å². The molecule has 0 aromatic carbocycles. The number of carbonyl (C=O) groups is 1. The van der Waals surface area contributed by atoms with Gasteiger partial charge in [0, 0.05) is 6.42 Å². The van der Waals surface area contributed by atoms with Crippen molar-refractivity contribution in [3.63, 3.8) is 0 Å². The number of carbonyl (C=O) groups excluding carboxylic acids is 1. The minimum Gasteiger partial charge on any atom is -0.332 e. The SMILES string of the molecule is CCC(=O)On1cc(F)c(=O)[nH]c1=O. The van der Waals surface area contributed by atoms with Crippen LogP contribution in [-0.2, 0) is 4.79 Å². The molecule has 1 N–H and O–H groups in total. The van der Waals surface area contributed by atoms with Gasteiger partial charge in [-0.05, 0) is 0 Å². The molecule has 0 unspecified atom stereocenters. The molecule has 0 saturated heterocycles. The van der Waals surface area contributed by atoms with Gasteiger partial charge >= 0.3 is 11.7 Å². The monoisotopic (exact) mass is 202 g/mol. The van der Waals surface area contributed by atoms with Crippen LogP contribution in [0.2, 0.25) is 0 Å². The number of nitrogens with zero attached hydrogens (tertiary/aromatic N) is 1. The van der Waals surface area contributed by atoms with E-state index in [4.69, 9.17) is 0 Å². The van der Waals surface area contributed by atoms with Crippen molar-refractivity contribution in [3.05, 3.63) is 32.9 Å². The highest BCUT2D eigenvalue weighted by Gasteiger charge is 2.07. The smallest absolute Gasteiger partial charge is 0.332 e. The molecule has 0 bridgehead atoms. The Morgan fingerprint density at radius 2 is 2.29 bits per heavy atom. The Kier molecular flexibility index (Phi) is 2.80. The fourth-order valence-corrected chi connectivity index (χ4v) is 0.674. The number of rotatable bonds is 2. The fourth-order valence-electron chi connectivity index (χ4n) is 0.674. The summed E-state index contributed by atoms with van der Waals surface area (Å²) in [4.78, 5) is 38.2. The first-order chi connectivity index (χ1) is 6.54. The molecule has 0 aliphatic carbocycles. The number of aromatic nitrogens is 2. The van der Waals surface area contributed by atoms with Gasteiger partial charge in [-0.2, -0.15) is 4.39 Å². The number of aromatic amines is 1. The standard InChI is InChI=1S/C7H7FN2O4/c1-2-5(11)14-10-3-4(8)6(12)9-7(10)13/h3H,2H2,1H3,(H,9,12,13). The number of halogens is 1. The molecule has 0 spiro atoms. The van der Waals surface area contributed by atoms with Gasteiger partial charge in [0.15, 0.2) is 0 Å². The molecule has 76 valence electrons. The Hall–Kier alpha value is -1.92. The second kappa shape index (κ2) is 3.86. The Balaban J connectivity index is 3.11. The lowest BCUT2D eigenvalue weighted by Crippen LogP contribution is -2.37. The highest BCUT2D eigenvalue weighted by molar-refractivity contribution is 5.69. The molecule has 1 aromatic rings. The molecule has 0 aliphatic heterocycles. The predicted octanol–water partition coefficient (Wildman–Crippen LogP) is -0.959. The molecule has 1 aromatic heterocycles. The summed E-state index contributed by atoms with van der Waals surface area (Å²) in [5, 5.41) is 0. The van der Waals surface area contributed by atoms with E-state index in [1.54, 1.807) is 4.98 Å². The third-order valence-electron chi connectivity index (χ3n) is 1.36. The van der Waals surface area contributed by atoms with Gasteiger partial charge in [-0.15, -0.1) is 4.73 Å². The van der Waals surface area contributed by atoms with Crippen LogP contribution in [0.3, 0.4) is 0 Å². The predicted molar refractivity (Wildman–Crippen MR) is 43.2 cm³/mol. The number of nitrogens with one attached hydrogen (secondary N) is 1. The highest BCUT2D eigenvalue weighted by Crippen LogP contribution is 1.83. The van der Waals surface area contributed by atoms with E-state index < -0.39 is 23.0 Å². The average Bonchev–Trinajstić information content (AvgIpc) is 2.14. The van der Waals surface area contributed by atoms with Crippen LogP contribution >= 0.6 is 0 Å². The largest absolute Gasteiger partial charge is 0.362 e. The third kappa shape index (κ3) is 2.06. The molecule has 0 saturated carbocycles. The van der Waals surface area contributed by atoms with Gasteiger partial charge in [0.05, 0.1) is 6.20 Å². The van der Waals surface area contributed by atoms with Crippen molar-refractivity contribution in [2.45, 2.75) is 13.3 Å². The van der Waals surface area contributed by atoms with Crippen LogP contribution in [0.4, 0.5) is 4.39 Å². The van der Waals surface area contributed by atoms with E-state index in [9.17, 15) is 18.8 Å². The molecule has 0 atom stereocenters. The van der Waals surface area contributed by atoms with Gasteiger partial charge in [-0.25, -0.2) is 9.59 Å². The zero-order chi connectivity index (χ0) is 10.7. The Morgan fingerprint density at radius 3 is 2.86 bits per heavy atom. The van der Waals surface area contributed by atoms with Crippen LogP contribution in [0.1, 0.15) is 13.3 Å². The quantitative estimate of drug-likeness (QED) is 0.669. The lowest BCUT2D eigenvalue weighted by atomic mass is 10.5. The minimum atomic E-state index is -1.20. The minimum absolute atomic E-state index is 0.0349. The molecule has 14 heavy (non-hydrogen) atoms. The topological polar surface area (TPSA) is 81.2 Å². The van der Waals surface area contributed by atoms with Gasteiger partial charge in [-0.1, -0.05) is 6.92 Å². The summed E-state index contributed by atoms with van der Waals surface area (Å²) < 4.78 is 13.0. The second-order valence-electron chi connectivity index (χ2n) is 2.38.